The van der Waals surface area contributed by atoms with Crippen LogP contribution in [0.4, 0.5) is 11.4 Å². The lowest BCUT2D eigenvalue weighted by atomic mass is 10.00. The van der Waals surface area contributed by atoms with Gasteiger partial charge in [-0.05, 0) is 39.2 Å². The van der Waals surface area contributed by atoms with Crippen LogP contribution in [-0.4, -0.2) is 42.3 Å². The van der Waals surface area contributed by atoms with E-state index < -0.39 is 0 Å². The lowest BCUT2D eigenvalue weighted by Gasteiger charge is -2.36. The van der Waals surface area contributed by atoms with Crippen LogP contribution in [0.3, 0.4) is 0 Å². The summed E-state index contributed by atoms with van der Waals surface area (Å²) in [6, 6.07) is 6.04. The van der Waals surface area contributed by atoms with E-state index in [2.05, 4.69) is 24.0 Å². The first-order valence-electron chi connectivity index (χ1n) is 7.68. The summed E-state index contributed by atoms with van der Waals surface area (Å²) in [4.78, 5) is 12.6. The van der Waals surface area contributed by atoms with Crippen LogP contribution in [0.1, 0.15) is 38.7 Å². The summed E-state index contributed by atoms with van der Waals surface area (Å²) in [7, 11) is 3.60. The average Bonchev–Trinajstić information content (AvgIpc) is 2.46. The molecule has 6 nitrogen and oxygen atoms in total. The molecular weight excluding hydrogens is 280 g/mol. The van der Waals surface area contributed by atoms with Gasteiger partial charge in [0.2, 0.25) is 0 Å². The predicted molar refractivity (Wildman–Crippen MR) is 89.6 cm³/mol. The lowest BCUT2D eigenvalue weighted by molar-refractivity contribution is -0.384. The number of nitro groups is 1. The number of hydrogen-bond donors (Lipinski definition) is 0. The van der Waals surface area contributed by atoms with Gasteiger partial charge in [-0.25, -0.2) is 0 Å². The smallest absolute Gasteiger partial charge is 0.293 e. The maximum Gasteiger partial charge on any atom is 0.293 e. The highest BCUT2D eigenvalue weighted by molar-refractivity contribution is 5.83. The zero-order chi connectivity index (χ0) is 16.3. The molecule has 0 aromatic heterocycles. The molecule has 6 heteroatoms. The Hall–Kier alpha value is -2.11. The van der Waals surface area contributed by atoms with Crippen molar-refractivity contribution in [1.29, 1.82) is 0 Å². The second kappa shape index (κ2) is 6.77. The Labute approximate surface area is 131 Å². The second-order valence-electron chi connectivity index (χ2n) is 6.15. The molecular formula is C16H24N4O2. The molecule has 1 aliphatic heterocycles. The minimum Gasteiger partial charge on any atom is -0.372 e. The lowest BCUT2D eigenvalue weighted by Crippen LogP contribution is -2.39. The number of nitro benzene ring substituents is 1. The molecule has 1 saturated heterocycles. The van der Waals surface area contributed by atoms with E-state index >= 15 is 0 Å². The molecule has 1 heterocycles. The molecule has 0 amide bonds. The topological polar surface area (TPSA) is 62.0 Å². The third-order valence-corrected chi connectivity index (χ3v) is 4.17. The largest absolute Gasteiger partial charge is 0.372 e. The van der Waals surface area contributed by atoms with E-state index in [9.17, 15) is 10.1 Å². The first kappa shape index (κ1) is 16.3. The fourth-order valence-electron chi connectivity index (χ4n) is 2.91. The summed E-state index contributed by atoms with van der Waals surface area (Å²) in [5.74, 6) is 0. The monoisotopic (exact) mass is 304 g/mol. The molecule has 0 N–H and O–H groups in total. The Morgan fingerprint density at radius 2 is 1.95 bits per heavy atom. The van der Waals surface area contributed by atoms with Crippen molar-refractivity contribution < 1.29 is 4.92 Å². The fraction of sp³-hybridized carbons (Fsp3) is 0.562. The highest BCUT2D eigenvalue weighted by atomic mass is 16.6. The second-order valence-corrected chi connectivity index (χ2v) is 6.15. The van der Waals surface area contributed by atoms with E-state index in [1.165, 1.54) is 6.42 Å². The summed E-state index contributed by atoms with van der Waals surface area (Å²) in [6.45, 7) is 4.34. The molecule has 1 aromatic carbocycles. The van der Waals surface area contributed by atoms with Crippen molar-refractivity contribution >= 4 is 17.6 Å². The van der Waals surface area contributed by atoms with E-state index in [0.29, 0.717) is 17.8 Å². The first-order chi connectivity index (χ1) is 10.4. The molecule has 1 aliphatic rings. The van der Waals surface area contributed by atoms with E-state index in [-0.39, 0.29) is 10.6 Å². The van der Waals surface area contributed by atoms with Crippen molar-refractivity contribution in [3.8, 4) is 0 Å². The van der Waals surface area contributed by atoms with Gasteiger partial charge in [0.25, 0.3) is 5.69 Å². The third-order valence-electron chi connectivity index (χ3n) is 4.17. The Kier molecular flexibility index (Phi) is 5.00. The van der Waals surface area contributed by atoms with Gasteiger partial charge in [-0.15, -0.1) is 0 Å². The van der Waals surface area contributed by atoms with Crippen LogP contribution in [0.25, 0.3) is 0 Å². The number of hydrazone groups is 1. The van der Waals surface area contributed by atoms with Crippen molar-refractivity contribution in [3.63, 3.8) is 0 Å². The Morgan fingerprint density at radius 1 is 1.32 bits per heavy atom. The molecule has 0 unspecified atom stereocenters. The number of anilines is 1. The summed E-state index contributed by atoms with van der Waals surface area (Å²) in [5, 5.41) is 17.9. The van der Waals surface area contributed by atoms with Crippen molar-refractivity contribution in [2.45, 2.75) is 45.2 Å². The predicted octanol–water partition coefficient (Wildman–Crippen LogP) is 3.26. The van der Waals surface area contributed by atoms with Crippen LogP contribution in [0.2, 0.25) is 0 Å². The standard InChI is InChI=1S/C16H24N4O2/c1-12-6-5-7-13(2)19(12)17-11-14-8-9-15(18(3)4)16(10-14)20(21)22/h8-13H,5-7H2,1-4H3/b17-11-/t12-,13-/m1/s1. The zero-order valence-corrected chi connectivity index (χ0v) is 13.7. The van der Waals surface area contributed by atoms with E-state index in [1.807, 2.05) is 6.07 Å². The first-order valence-corrected chi connectivity index (χ1v) is 7.68. The van der Waals surface area contributed by atoms with Gasteiger partial charge in [-0.2, -0.15) is 5.10 Å². The molecule has 22 heavy (non-hydrogen) atoms. The van der Waals surface area contributed by atoms with Crippen molar-refractivity contribution in [1.82, 2.24) is 5.01 Å². The Morgan fingerprint density at radius 3 is 2.50 bits per heavy atom. The summed E-state index contributed by atoms with van der Waals surface area (Å²) >= 11 is 0. The molecule has 0 radical (unpaired) electrons. The van der Waals surface area contributed by atoms with Crippen LogP contribution < -0.4 is 4.90 Å². The van der Waals surface area contributed by atoms with Crippen LogP contribution >= 0.6 is 0 Å². The van der Waals surface area contributed by atoms with Gasteiger partial charge >= 0.3 is 0 Å². The minimum atomic E-state index is -0.348. The van der Waals surface area contributed by atoms with E-state index in [1.54, 1.807) is 37.3 Å². The Balaban J connectivity index is 2.24. The molecule has 2 atom stereocenters. The molecule has 1 aromatic rings. The average molecular weight is 304 g/mol. The number of benzene rings is 1. The summed E-state index contributed by atoms with van der Waals surface area (Å²) in [6.07, 6.45) is 5.24. The molecule has 0 aliphatic carbocycles. The number of rotatable bonds is 4. The summed E-state index contributed by atoms with van der Waals surface area (Å²) < 4.78 is 0. The van der Waals surface area contributed by atoms with E-state index in [4.69, 9.17) is 0 Å². The summed E-state index contributed by atoms with van der Waals surface area (Å²) in [5.41, 5.74) is 1.46. The fourth-order valence-corrected chi connectivity index (χ4v) is 2.91. The van der Waals surface area contributed by atoms with Crippen LogP contribution in [0.5, 0.6) is 0 Å². The zero-order valence-electron chi connectivity index (χ0n) is 13.7. The number of piperidine rings is 1. The maximum absolute atomic E-state index is 11.2. The number of nitrogens with zero attached hydrogens (tertiary/aromatic N) is 4. The molecule has 120 valence electrons. The van der Waals surface area contributed by atoms with Gasteiger partial charge in [0.05, 0.1) is 11.1 Å². The highest BCUT2D eigenvalue weighted by Gasteiger charge is 2.23. The van der Waals surface area contributed by atoms with Crippen LogP contribution in [-0.2, 0) is 0 Å². The van der Waals surface area contributed by atoms with Crippen molar-refractivity contribution in [2.24, 2.45) is 5.10 Å². The van der Waals surface area contributed by atoms with Gasteiger partial charge in [0.15, 0.2) is 0 Å². The van der Waals surface area contributed by atoms with E-state index in [0.717, 1.165) is 18.4 Å². The van der Waals surface area contributed by atoms with Crippen molar-refractivity contribution in [3.05, 3.63) is 33.9 Å². The van der Waals surface area contributed by atoms with Crippen LogP contribution in [0.15, 0.2) is 23.3 Å². The normalized spacial score (nSPS) is 22.1. The molecule has 2 rings (SSSR count). The Bertz CT molecular complexity index is 561. The van der Waals surface area contributed by atoms with Crippen molar-refractivity contribution in [2.75, 3.05) is 19.0 Å². The number of hydrogen-bond acceptors (Lipinski definition) is 5. The van der Waals surface area contributed by atoms with Crippen LogP contribution in [0, 0.1) is 10.1 Å². The van der Waals surface area contributed by atoms with Gasteiger partial charge in [-0.1, -0.05) is 6.07 Å². The molecule has 0 spiro atoms. The van der Waals surface area contributed by atoms with Gasteiger partial charge in [-0.3, -0.25) is 15.1 Å². The third kappa shape index (κ3) is 3.55. The molecule has 0 saturated carbocycles. The maximum atomic E-state index is 11.2. The highest BCUT2D eigenvalue weighted by Crippen LogP contribution is 2.27. The SMILES string of the molecule is C[C@@H]1CCC[C@@H](C)N1/N=C\c1ccc(N(C)C)c([N+](=O)[O-])c1. The quantitative estimate of drug-likeness (QED) is 0.486. The molecule has 1 fully saturated rings. The van der Waals surface area contributed by atoms with Gasteiger partial charge in [0, 0.05) is 37.8 Å². The molecule has 0 bridgehead atoms. The van der Waals surface area contributed by atoms with Gasteiger partial charge in [0.1, 0.15) is 5.69 Å². The van der Waals surface area contributed by atoms with Gasteiger partial charge < -0.3 is 4.90 Å². The minimum absolute atomic E-state index is 0.105.